The molecule has 0 atom stereocenters. The van der Waals surface area contributed by atoms with Gasteiger partial charge in [0.15, 0.2) is 0 Å². The van der Waals surface area contributed by atoms with Crippen molar-refractivity contribution in [2.75, 3.05) is 7.11 Å². The first kappa shape index (κ1) is 9.72. The topological polar surface area (TPSA) is 30.7 Å². The quantitative estimate of drug-likeness (QED) is 0.543. The lowest BCUT2D eigenvalue weighted by atomic mass is 10.0. The molecule has 0 aromatic heterocycles. The van der Waals surface area contributed by atoms with Crippen molar-refractivity contribution >= 4 is 5.97 Å². The molecular formula is C12H11NO2. The number of hydrogen-bond donors (Lipinski definition) is 0. The van der Waals surface area contributed by atoms with Gasteiger partial charge in [-0.1, -0.05) is 12.1 Å². The maximum Gasteiger partial charge on any atom is 0.337 e. The summed E-state index contributed by atoms with van der Waals surface area (Å²) in [7, 11) is 1.36. The van der Waals surface area contributed by atoms with Crippen LogP contribution in [0.1, 0.15) is 28.8 Å². The van der Waals surface area contributed by atoms with E-state index in [9.17, 15) is 4.79 Å². The fourth-order valence-corrected chi connectivity index (χ4v) is 1.64. The number of benzene rings is 1. The molecule has 3 heteroatoms. The Labute approximate surface area is 88.5 Å². The molecule has 0 bridgehead atoms. The standard InChI is InChI=1S/C12H11NO2/c1-13-12(6-7-12)10-5-3-4-9(8-10)11(14)15-2/h3-5,8H,6-7H2,2H3. The summed E-state index contributed by atoms with van der Waals surface area (Å²) in [4.78, 5) is 14.9. The van der Waals surface area contributed by atoms with E-state index in [1.54, 1.807) is 18.2 Å². The van der Waals surface area contributed by atoms with Gasteiger partial charge < -0.3 is 9.58 Å². The van der Waals surface area contributed by atoms with Crippen LogP contribution in [-0.2, 0) is 10.3 Å². The average Bonchev–Trinajstić information content (AvgIpc) is 3.09. The third-order valence-corrected chi connectivity index (χ3v) is 2.76. The van der Waals surface area contributed by atoms with Crippen LogP contribution in [0.15, 0.2) is 24.3 Å². The van der Waals surface area contributed by atoms with Crippen LogP contribution < -0.4 is 0 Å². The van der Waals surface area contributed by atoms with Gasteiger partial charge in [-0.15, -0.1) is 0 Å². The molecule has 1 aromatic rings. The maximum absolute atomic E-state index is 11.3. The summed E-state index contributed by atoms with van der Waals surface area (Å²) in [6.07, 6.45) is 1.78. The first-order valence-corrected chi connectivity index (χ1v) is 4.79. The molecular weight excluding hydrogens is 190 g/mol. The van der Waals surface area contributed by atoms with Gasteiger partial charge in [-0.05, 0) is 12.1 Å². The number of carbonyl (C=O) groups is 1. The van der Waals surface area contributed by atoms with Crippen molar-refractivity contribution in [3.05, 3.63) is 46.8 Å². The predicted octanol–water partition coefficient (Wildman–Crippen LogP) is 2.38. The highest BCUT2D eigenvalue weighted by atomic mass is 16.5. The average molecular weight is 201 g/mol. The molecule has 2 rings (SSSR count). The van der Waals surface area contributed by atoms with Gasteiger partial charge in [0.2, 0.25) is 0 Å². The zero-order valence-corrected chi connectivity index (χ0v) is 8.49. The van der Waals surface area contributed by atoms with Crippen molar-refractivity contribution in [2.24, 2.45) is 0 Å². The summed E-state index contributed by atoms with van der Waals surface area (Å²) in [5.74, 6) is -0.349. The van der Waals surface area contributed by atoms with E-state index < -0.39 is 0 Å². The zero-order valence-electron chi connectivity index (χ0n) is 8.49. The summed E-state index contributed by atoms with van der Waals surface area (Å²) in [6.45, 7) is 7.14. The Hall–Kier alpha value is -1.82. The zero-order chi connectivity index (χ0) is 10.9. The van der Waals surface area contributed by atoms with Crippen LogP contribution in [0.4, 0.5) is 0 Å². The molecule has 1 fully saturated rings. The number of ether oxygens (including phenoxy) is 1. The highest BCUT2D eigenvalue weighted by molar-refractivity contribution is 5.89. The van der Waals surface area contributed by atoms with Gasteiger partial charge in [0.05, 0.1) is 12.7 Å². The Kier molecular flexibility index (Phi) is 2.20. The van der Waals surface area contributed by atoms with Crippen LogP contribution in [-0.4, -0.2) is 13.1 Å². The molecule has 1 saturated carbocycles. The summed E-state index contributed by atoms with van der Waals surface area (Å²) in [6, 6.07) is 7.16. The Morgan fingerprint density at radius 1 is 1.53 bits per heavy atom. The summed E-state index contributed by atoms with van der Waals surface area (Å²) >= 11 is 0. The van der Waals surface area contributed by atoms with E-state index in [0.29, 0.717) is 5.56 Å². The molecule has 76 valence electrons. The summed E-state index contributed by atoms with van der Waals surface area (Å²) in [5.41, 5.74) is 1.09. The van der Waals surface area contributed by atoms with Crippen LogP contribution in [0.25, 0.3) is 4.85 Å². The molecule has 0 N–H and O–H groups in total. The van der Waals surface area contributed by atoms with Crippen molar-refractivity contribution < 1.29 is 9.53 Å². The fraction of sp³-hybridized carbons (Fsp3) is 0.333. The molecule has 0 unspecified atom stereocenters. The highest BCUT2D eigenvalue weighted by Gasteiger charge is 2.52. The fourth-order valence-electron chi connectivity index (χ4n) is 1.64. The third kappa shape index (κ3) is 1.59. The molecule has 1 aliphatic rings. The largest absolute Gasteiger partial charge is 0.465 e. The lowest BCUT2D eigenvalue weighted by molar-refractivity contribution is 0.0600. The van der Waals surface area contributed by atoms with Gasteiger partial charge in [-0.25, -0.2) is 11.4 Å². The van der Waals surface area contributed by atoms with Gasteiger partial charge >= 0.3 is 5.97 Å². The number of esters is 1. The van der Waals surface area contributed by atoms with Crippen LogP contribution >= 0.6 is 0 Å². The Morgan fingerprint density at radius 2 is 2.27 bits per heavy atom. The van der Waals surface area contributed by atoms with E-state index >= 15 is 0 Å². The Balaban J connectivity index is 2.36. The number of rotatable bonds is 2. The Bertz CT molecular complexity index is 441. The van der Waals surface area contributed by atoms with Crippen molar-refractivity contribution in [1.29, 1.82) is 0 Å². The maximum atomic E-state index is 11.3. The van der Waals surface area contributed by atoms with Crippen molar-refractivity contribution in [2.45, 2.75) is 18.4 Å². The van der Waals surface area contributed by atoms with E-state index in [1.165, 1.54) is 7.11 Å². The van der Waals surface area contributed by atoms with Gasteiger partial charge in [0.25, 0.3) is 5.54 Å². The predicted molar refractivity (Wildman–Crippen MR) is 55.3 cm³/mol. The van der Waals surface area contributed by atoms with E-state index in [4.69, 9.17) is 6.57 Å². The first-order chi connectivity index (χ1) is 7.22. The normalized spacial score (nSPS) is 16.5. The second kappa shape index (κ2) is 3.39. The minimum absolute atomic E-state index is 0.349. The smallest absolute Gasteiger partial charge is 0.337 e. The highest BCUT2D eigenvalue weighted by Crippen LogP contribution is 2.49. The lowest BCUT2D eigenvalue weighted by Crippen LogP contribution is -2.05. The second-order valence-electron chi connectivity index (χ2n) is 3.72. The molecule has 1 aliphatic carbocycles. The first-order valence-electron chi connectivity index (χ1n) is 4.79. The van der Waals surface area contributed by atoms with Gasteiger partial charge in [0, 0.05) is 18.4 Å². The van der Waals surface area contributed by atoms with Crippen LogP contribution in [0.5, 0.6) is 0 Å². The van der Waals surface area contributed by atoms with E-state index in [2.05, 4.69) is 9.58 Å². The molecule has 0 amide bonds. The molecule has 0 saturated heterocycles. The van der Waals surface area contributed by atoms with Crippen LogP contribution in [0.3, 0.4) is 0 Å². The second-order valence-corrected chi connectivity index (χ2v) is 3.72. The van der Waals surface area contributed by atoms with E-state index in [-0.39, 0.29) is 11.5 Å². The SMILES string of the molecule is [C-]#[N+]C1(c2cccc(C(=O)OC)c2)CC1. The van der Waals surface area contributed by atoms with Gasteiger partial charge in [-0.3, -0.25) is 0 Å². The lowest BCUT2D eigenvalue weighted by Gasteiger charge is -2.04. The summed E-state index contributed by atoms with van der Waals surface area (Å²) < 4.78 is 4.64. The van der Waals surface area contributed by atoms with Crippen LogP contribution in [0.2, 0.25) is 0 Å². The molecule has 3 nitrogen and oxygen atoms in total. The number of nitrogens with zero attached hydrogens (tertiary/aromatic N) is 1. The Morgan fingerprint density at radius 3 is 2.80 bits per heavy atom. The molecule has 0 heterocycles. The van der Waals surface area contributed by atoms with E-state index in [1.807, 2.05) is 6.07 Å². The van der Waals surface area contributed by atoms with Gasteiger partial charge in [-0.2, -0.15) is 0 Å². The summed E-state index contributed by atoms with van der Waals surface area (Å²) in [5, 5.41) is 0. The van der Waals surface area contributed by atoms with Crippen molar-refractivity contribution in [1.82, 2.24) is 0 Å². The number of hydrogen-bond acceptors (Lipinski definition) is 2. The van der Waals surface area contributed by atoms with Crippen molar-refractivity contribution in [3.8, 4) is 0 Å². The minimum atomic E-state index is -0.357. The number of methoxy groups -OCH3 is 1. The van der Waals surface area contributed by atoms with Crippen molar-refractivity contribution in [3.63, 3.8) is 0 Å². The molecule has 0 aliphatic heterocycles. The monoisotopic (exact) mass is 201 g/mol. The molecule has 0 radical (unpaired) electrons. The van der Waals surface area contributed by atoms with E-state index in [0.717, 1.165) is 18.4 Å². The van der Waals surface area contributed by atoms with Gasteiger partial charge in [0.1, 0.15) is 0 Å². The minimum Gasteiger partial charge on any atom is -0.465 e. The molecule has 1 aromatic carbocycles. The van der Waals surface area contributed by atoms with Crippen LogP contribution in [0, 0.1) is 6.57 Å². The molecule has 0 spiro atoms. The third-order valence-electron chi connectivity index (χ3n) is 2.76. The molecule has 15 heavy (non-hydrogen) atoms. The number of carbonyl (C=O) groups excluding carboxylic acids is 1.